The quantitative estimate of drug-likeness (QED) is 0.626. The molecule has 10 nitrogen and oxygen atoms in total. The van der Waals surface area contributed by atoms with Gasteiger partial charge in [0.05, 0.1) is 18.4 Å². The first-order chi connectivity index (χ1) is 13.1. The van der Waals surface area contributed by atoms with Crippen LogP contribution in [0, 0.1) is 0 Å². The van der Waals surface area contributed by atoms with Gasteiger partial charge in [0.1, 0.15) is 18.9 Å². The van der Waals surface area contributed by atoms with Gasteiger partial charge in [-0.3, -0.25) is 4.98 Å². The molecule has 27 heavy (non-hydrogen) atoms. The van der Waals surface area contributed by atoms with E-state index >= 15 is 0 Å². The maximum Gasteiger partial charge on any atom is 0.358 e. The molecule has 3 aromatic heterocycles. The van der Waals surface area contributed by atoms with Crippen LogP contribution in [0.15, 0.2) is 35.0 Å². The van der Waals surface area contributed by atoms with Gasteiger partial charge in [0.2, 0.25) is 5.69 Å². The molecule has 10 heteroatoms. The molecule has 3 aromatic rings. The number of hydrogen-bond donors (Lipinski definition) is 1. The Morgan fingerprint density at radius 1 is 1.22 bits per heavy atom. The molecular weight excluding hydrogens is 356 g/mol. The van der Waals surface area contributed by atoms with E-state index < -0.39 is 5.97 Å². The van der Waals surface area contributed by atoms with Crippen LogP contribution in [0.3, 0.4) is 0 Å². The summed E-state index contributed by atoms with van der Waals surface area (Å²) in [4.78, 5) is 15.6. The van der Waals surface area contributed by atoms with Crippen molar-refractivity contribution in [2.75, 3.05) is 14.2 Å². The van der Waals surface area contributed by atoms with Crippen molar-refractivity contribution in [2.45, 2.75) is 13.2 Å². The highest BCUT2D eigenvalue weighted by Crippen LogP contribution is 2.32. The molecule has 3 heterocycles. The number of hydrogen-bond acceptors (Lipinski definition) is 9. The summed E-state index contributed by atoms with van der Waals surface area (Å²) in [6.45, 7) is 0.200. The van der Waals surface area contributed by atoms with E-state index in [1.165, 1.54) is 20.3 Å². The van der Waals surface area contributed by atoms with Crippen molar-refractivity contribution in [3.63, 3.8) is 0 Å². The van der Waals surface area contributed by atoms with E-state index in [2.05, 4.69) is 20.3 Å². The fourth-order valence-electron chi connectivity index (χ4n) is 2.32. The number of pyridine rings is 1. The molecule has 0 unspecified atom stereocenters. The average molecular weight is 372 g/mol. The van der Waals surface area contributed by atoms with Crippen molar-refractivity contribution >= 4 is 5.97 Å². The number of rotatable bonds is 8. The minimum Gasteiger partial charge on any atom is -0.491 e. The molecule has 0 saturated carbocycles. The predicted molar refractivity (Wildman–Crippen MR) is 90.3 cm³/mol. The van der Waals surface area contributed by atoms with Crippen LogP contribution in [0.5, 0.6) is 11.6 Å². The van der Waals surface area contributed by atoms with Gasteiger partial charge in [-0.2, -0.15) is 0 Å². The Kier molecular flexibility index (Phi) is 5.57. The maximum absolute atomic E-state index is 11.4. The number of carboxylic acids is 1. The third-order valence-corrected chi connectivity index (χ3v) is 3.53. The van der Waals surface area contributed by atoms with Crippen LogP contribution in [0.25, 0.3) is 11.3 Å². The molecule has 1 N–H and O–H groups in total. The van der Waals surface area contributed by atoms with Gasteiger partial charge < -0.3 is 23.8 Å². The van der Waals surface area contributed by atoms with Crippen LogP contribution in [-0.2, 0) is 18.0 Å². The summed E-state index contributed by atoms with van der Waals surface area (Å²) in [5, 5.41) is 20.9. The van der Waals surface area contributed by atoms with Crippen LogP contribution < -0.4 is 9.47 Å². The summed E-state index contributed by atoms with van der Waals surface area (Å²) >= 11 is 0. The summed E-state index contributed by atoms with van der Waals surface area (Å²) in [6.07, 6.45) is 1.65. The van der Waals surface area contributed by atoms with Gasteiger partial charge in [0.25, 0.3) is 5.88 Å². The molecular formula is C17H16N4O6. The van der Waals surface area contributed by atoms with Crippen molar-refractivity contribution in [3.05, 3.63) is 47.6 Å². The largest absolute Gasteiger partial charge is 0.491 e. The lowest BCUT2D eigenvalue weighted by Crippen LogP contribution is -2.05. The van der Waals surface area contributed by atoms with E-state index in [0.29, 0.717) is 5.69 Å². The zero-order valence-electron chi connectivity index (χ0n) is 14.6. The molecule has 0 bridgehead atoms. The fraction of sp³-hybridized carbons (Fsp3) is 0.235. The molecule has 0 aliphatic heterocycles. The number of carboxylic acid groups (broad SMARTS) is 1. The lowest BCUT2D eigenvalue weighted by Gasteiger charge is -2.10. The number of aromatic carboxylic acids is 1. The topological polar surface area (TPSA) is 130 Å². The predicted octanol–water partition coefficient (Wildman–Crippen LogP) is 1.96. The molecule has 0 fully saturated rings. The van der Waals surface area contributed by atoms with Crippen LogP contribution >= 0.6 is 0 Å². The molecule has 140 valence electrons. The maximum atomic E-state index is 11.4. The molecule has 0 saturated heterocycles. The number of ether oxygens (including phenoxy) is 3. The van der Waals surface area contributed by atoms with Crippen molar-refractivity contribution in [3.8, 4) is 22.9 Å². The highest BCUT2D eigenvalue weighted by Gasteiger charge is 2.25. The van der Waals surface area contributed by atoms with Gasteiger partial charge in [0.15, 0.2) is 11.5 Å². The first kappa shape index (κ1) is 18.3. The minimum absolute atomic E-state index is 0.0253. The lowest BCUT2D eigenvalue weighted by atomic mass is 10.1. The number of nitrogens with zero attached hydrogens (tertiary/aromatic N) is 4. The Balaban J connectivity index is 1.92. The van der Waals surface area contributed by atoms with Gasteiger partial charge in [-0.1, -0.05) is 11.2 Å². The normalized spacial score (nSPS) is 10.6. The first-order valence-corrected chi connectivity index (χ1v) is 7.79. The number of carbonyl (C=O) groups is 1. The second-order valence-electron chi connectivity index (χ2n) is 5.28. The Bertz CT molecular complexity index is 928. The second-order valence-corrected chi connectivity index (χ2v) is 5.28. The Hall–Kier alpha value is -3.53. The van der Waals surface area contributed by atoms with E-state index in [-0.39, 0.29) is 47.6 Å². The van der Waals surface area contributed by atoms with Gasteiger partial charge in [-0.05, 0) is 12.1 Å². The Morgan fingerprint density at radius 3 is 2.74 bits per heavy atom. The van der Waals surface area contributed by atoms with Gasteiger partial charge >= 0.3 is 5.97 Å². The Labute approximate surface area is 153 Å². The zero-order chi connectivity index (χ0) is 19.2. The van der Waals surface area contributed by atoms with Crippen molar-refractivity contribution in [1.82, 2.24) is 20.3 Å². The highest BCUT2D eigenvalue weighted by atomic mass is 16.5. The van der Waals surface area contributed by atoms with Crippen LogP contribution in [0.1, 0.15) is 21.9 Å². The fourth-order valence-corrected chi connectivity index (χ4v) is 2.32. The van der Waals surface area contributed by atoms with E-state index in [4.69, 9.17) is 18.7 Å². The van der Waals surface area contributed by atoms with Crippen molar-refractivity contribution in [2.24, 2.45) is 0 Å². The first-order valence-electron chi connectivity index (χ1n) is 7.79. The molecule has 0 aromatic carbocycles. The number of methoxy groups -OCH3 is 2. The summed E-state index contributed by atoms with van der Waals surface area (Å²) in [5.74, 6) is -0.619. The lowest BCUT2D eigenvalue weighted by molar-refractivity contribution is 0.0685. The number of aromatic nitrogens is 4. The molecule has 0 radical (unpaired) electrons. The molecule has 0 atom stereocenters. The minimum atomic E-state index is -1.26. The van der Waals surface area contributed by atoms with E-state index in [0.717, 1.165) is 0 Å². The molecule has 0 spiro atoms. The van der Waals surface area contributed by atoms with E-state index in [1.807, 2.05) is 12.1 Å². The van der Waals surface area contributed by atoms with Crippen molar-refractivity contribution in [1.29, 1.82) is 0 Å². The van der Waals surface area contributed by atoms with Gasteiger partial charge in [-0.25, -0.2) is 4.79 Å². The third kappa shape index (κ3) is 4.01. The summed E-state index contributed by atoms with van der Waals surface area (Å²) < 4.78 is 21.0. The summed E-state index contributed by atoms with van der Waals surface area (Å²) in [7, 11) is 2.89. The molecule has 0 amide bonds. The van der Waals surface area contributed by atoms with E-state index in [9.17, 15) is 9.90 Å². The molecule has 0 aliphatic rings. The Morgan fingerprint density at radius 2 is 2.07 bits per heavy atom. The smallest absolute Gasteiger partial charge is 0.358 e. The monoisotopic (exact) mass is 372 g/mol. The average Bonchev–Trinajstić information content (AvgIpc) is 3.11. The molecule has 0 aliphatic carbocycles. The van der Waals surface area contributed by atoms with Gasteiger partial charge in [0, 0.05) is 19.4 Å². The highest BCUT2D eigenvalue weighted by molar-refractivity contribution is 5.93. The second kappa shape index (κ2) is 8.23. The van der Waals surface area contributed by atoms with E-state index in [1.54, 1.807) is 12.3 Å². The third-order valence-electron chi connectivity index (χ3n) is 3.53. The van der Waals surface area contributed by atoms with Crippen LogP contribution in [0.2, 0.25) is 0 Å². The standard InChI is InChI=1S/C17H16N4O6/c1-24-9-13-14(15(17(22)23)21-27-13)11-7-12(25-2)16(20-19-11)26-8-10-5-3-4-6-18-10/h3-7H,8-9H2,1-2H3,(H,22,23). The van der Waals surface area contributed by atoms with Crippen LogP contribution in [0.4, 0.5) is 0 Å². The van der Waals surface area contributed by atoms with Crippen LogP contribution in [-0.4, -0.2) is 45.6 Å². The molecule has 3 rings (SSSR count). The van der Waals surface area contributed by atoms with Gasteiger partial charge in [-0.15, -0.1) is 10.2 Å². The zero-order valence-corrected chi connectivity index (χ0v) is 14.6. The summed E-state index contributed by atoms with van der Waals surface area (Å²) in [6, 6.07) is 6.95. The SMILES string of the molecule is COCc1onc(C(=O)O)c1-c1cc(OC)c(OCc2ccccn2)nn1. The van der Waals surface area contributed by atoms with Crippen molar-refractivity contribution < 1.29 is 28.6 Å². The summed E-state index contributed by atoms with van der Waals surface area (Å²) in [5.41, 5.74) is 0.801.